The number of ether oxygens (including phenoxy) is 1. The first-order valence-corrected chi connectivity index (χ1v) is 8.43. The number of hydrogen-bond acceptors (Lipinski definition) is 5. The van der Waals surface area contributed by atoms with Gasteiger partial charge in [-0.25, -0.2) is 4.39 Å². The van der Waals surface area contributed by atoms with Crippen LogP contribution < -0.4 is 15.0 Å². The van der Waals surface area contributed by atoms with Crippen molar-refractivity contribution < 1.29 is 9.13 Å². The third-order valence-corrected chi connectivity index (χ3v) is 3.83. The Hall–Kier alpha value is -2.37. The summed E-state index contributed by atoms with van der Waals surface area (Å²) in [6.45, 7) is 5.92. The molecule has 5 nitrogen and oxygen atoms in total. The summed E-state index contributed by atoms with van der Waals surface area (Å²) in [5.41, 5.74) is 0.739. The number of piperidine rings is 1. The summed E-state index contributed by atoms with van der Waals surface area (Å²) < 4.78 is 18.8. The molecule has 0 saturated carbocycles. The number of nitrogens with one attached hydrogen (secondary N) is 1. The van der Waals surface area contributed by atoms with Crippen molar-refractivity contribution in [3.63, 3.8) is 0 Å². The molecule has 1 aromatic heterocycles. The lowest BCUT2D eigenvalue weighted by atomic mass is 10.1. The fourth-order valence-electron chi connectivity index (χ4n) is 2.72. The zero-order valence-electron chi connectivity index (χ0n) is 14.1. The average Bonchev–Trinajstić information content (AvgIpc) is 2.57. The largest absolute Gasteiger partial charge is 0.475 e. The van der Waals surface area contributed by atoms with E-state index in [2.05, 4.69) is 20.2 Å². The maximum atomic E-state index is 13.1. The van der Waals surface area contributed by atoms with Crippen LogP contribution in [0.4, 0.5) is 21.8 Å². The van der Waals surface area contributed by atoms with Gasteiger partial charge in [0.15, 0.2) is 0 Å². The predicted molar refractivity (Wildman–Crippen MR) is 93.5 cm³/mol. The lowest BCUT2D eigenvalue weighted by Crippen LogP contribution is -2.30. The van der Waals surface area contributed by atoms with E-state index < -0.39 is 0 Å². The summed E-state index contributed by atoms with van der Waals surface area (Å²) in [5.74, 6) is 1.60. The lowest BCUT2D eigenvalue weighted by molar-refractivity contribution is 0.232. The molecule has 1 aromatic carbocycles. The molecule has 0 amide bonds. The highest BCUT2D eigenvalue weighted by atomic mass is 19.1. The molecule has 2 aromatic rings. The summed E-state index contributed by atoms with van der Waals surface area (Å²) >= 11 is 0. The second-order valence-corrected chi connectivity index (χ2v) is 6.23. The standard InChI is InChI=1S/C18H23FN4O/c1-13(2)24-17-12-16(23-10-4-3-5-11-23)21-18(22-17)20-15-8-6-14(19)7-9-15/h6-9,12-13H,3-5,10-11H2,1-2H3,(H,20,21,22). The summed E-state index contributed by atoms with van der Waals surface area (Å²) in [5, 5.41) is 3.13. The fourth-order valence-corrected chi connectivity index (χ4v) is 2.72. The Morgan fingerprint density at radius 3 is 2.46 bits per heavy atom. The van der Waals surface area contributed by atoms with Gasteiger partial charge in [-0.15, -0.1) is 0 Å². The van der Waals surface area contributed by atoms with Crippen molar-refractivity contribution in [1.82, 2.24) is 9.97 Å². The molecule has 24 heavy (non-hydrogen) atoms. The molecule has 0 aliphatic carbocycles. The molecule has 1 saturated heterocycles. The summed E-state index contributed by atoms with van der Waals surface area (Å²) in [6, 6.07) is 8.02. The molecule has 0 radical (unpaired) electrons. The van der Waals surface area contributed by atoms with Crippen LogP contribution in [0.5, 0.6) is 5.88 Å². The normalized spacial score (nSPS) is 14.8. The van der Waals surface area contributed by atoms with E-state index in [9.17, 15) is 4.39 Å². The second-order valence-electron chi connectivity index (χ2n) is 6.23. The number of halogens is 1. The highest BCUT2D eigenvalue weighted by Gasteiger charge is 2.16. The molecular formula is C18H23FN4O. The van der Waals surface area contributed by atoms with Crippen molar-refractivity contribution in [1.29, 1.82) is 0 Å². The van der Waals surface area contributed by atoms with E-state index in [0.717, 1.165) is 24.6 Å². The quantitative estimate of drug-likeness (QED) is 0.893. The summed E-state index contributed by atoms with van der Waals surface area (Å²) in [4.78, 5) is 11.3. The van der Waals surface area contributed by atoms with E-state index in [1.165, 1.54) is 31.4 Å². The van der Waals surface area contributed by atoms with Crippen molar-refractivity contribution in [3.8, 4) is 5.88 Å². The molecule has 0 spiro atoms. The van der Waals surface area contributed by atoms with Crippen LogP contribution in [0.25, 0.3) is 0 Å². The van der Waals surface area contributed by atoms with Gasteiger partial charge >= 0.3 is 0 Å². The molecule has 1 N–H and O–H groups in total. The zero-order chi connectivity index (χ0) is 16.9. The van der Waals surface area contributed by atoms with Crippen molar-refractivity contribution >= 4 is 17.5 Å². The van der Waals surface area contributed by atoms with Gasteiger partial charge in [-0.3, -0.25) is 0 Å². The van der Waals surface area contributed by atoms with Gasteiger partial charge < -0.3 is 15.0 Å². The van der Waals surface area contributed by atoms with Gasteiger partial charge in [0.05, 0.1) is 6.10 Å². The molecule has 0 bridgehead atoms. The van der Waals surface area contributed by atoms with E-state index in [0.29, 0.717) is 11.8 Å². The highest BCUT2D eigenvalue weighted by molar-refractivity contribution is 5.56. The molecule has 2 heterocycles. The molecule has 128 valence electrons. The second kappa shape index (κ2) is 7.47. The predicted octanol–water partition coefficient (Wildman–Crippen LogP) is 4.14. The minimum atomic E-state index is -0.271. The third kappa shape index (κ3) is 4.34. The lowest BCUT2D eigenvalue weighted by Gasteiger charge is -2.28. The van der Waals surface area contributed by atoms with Crippen LogP contribution in [0.15, 0.2) is 30.3 Å². The Balaban J connectivity index is 1.86. The van der Waals surface area contributed by atoms with Gasteiger partial charge in [-0.2, -0.15) is 9.97 Å². The van der Waals surface area contributed by atoms with Crippen molar-refractivity contribution in [2.75, 3.05) is 23.3 Å². The van der Waals surface area contributed by atoms with E-state index in [1.807, 2.05) is 19.9 Å². The molecular weight excluding hydrogens is 307 g/mol. The number of benzene rings is 1. The molecule has 1 aliphatic heterocycles. The highest BCUT2D eigenvalue weighted by Crippen LogP contribution is 2.25. The van der Waals surface area contributed by atoms with E-state index in [1.54, 1.807) is 12.1 Å². The van der Waals surface area contributed by atoms with Crippen LogP contribution >= 0.6 is 0 Å². The van der Waals surface area contributed by atoms with Crippen LogP contribution in [0.3, 0.4) is 0 Å². The Bertz CT molecular complexity index is 669. The van der Waals surface area contributed by atoms with Crippen molar-refractivity contribution in [2.45, 2.75) is 39.2 Å². The Kier molecular flexibility index (Phi) is 5.13. The van der Waals surface area contributed by atoms with E-state index >= 15 is 0 Å². The molecule has 1 fully saturated rings. The van der Waals surface area contributed by atoms with Crippen LogP contribution in [0, 0.1) is 5.82 Å². The van der Waals surface area contributed by atoms with Crippen LogP contribution in [0.2, 0.25) is 0 Å². The zero-order valence-corrected chi connectivity index (χ0v) is 14.1. The first-order chi connectivity index (χ1) is 11.6. The van der Waals surface area contributed by atoms with E-state index in [-0.39, 0.29) is 11.9 Å². The van der Waals surface area contributed by atoms with Gasteiger partial charge in [0.2, 0.25) is 11.8 Å². The number of aromatic nitrogens is 2. The minimum Gasteiger partial charge on any atom is -0.475 e. The number of rotatable bonds is 5. The molecule has 0 atom stereocenters. The smallest absolute Gasteiger partial charge is 0.232 e. The average molecular weight is 330 g/mol. The van der Waals surface area contributed by atoms with Gasteiger partial charge in [-0.1, -0.05) is 0 Å². The molecule has 3 rings (SSSR count). The Morgan fingerprint density at radius 2 is 1.79 bits per heavy atom. The maximum Gasteiger partial charge on any atom is 0.232 e. The topological polar surface area (TPSA) is 50.3 Å². The van der Waals surface area contributed by atoms with Gasteiger partial charge in [0.1, 0.15) is 11.6 Å². The van der Waals surface area contributed by atoms with Crippen molar-refractivity contribution in [2.24, 2.45) is 0 Å². The maximum absolute atomic E-state index is 13.1. The van der Waals surface area contributed by atoms with E-state index in [4.69, 9.17) is 4.74 Å². The van der Waals surface area contributed by atoms with Crippen LogP contribution in [0.1, 0.15) is 33.1 Å². The van der Waals surface area contributed by atoms with Gasteiger partial charge in [0, 0.05) is 24.8 Å². The summed E-state index contributed by atoms with van der Waals surface area (Å²) in [7, 11) is 0. The first-order valence-electron chi connectivity index (χ1n) is 8.43. The van der Waals surface area contributed by atoms with Crippen LogP contribution in [-0.4, -0.2) is 29.2 Å². The Morgan fingerprint density at radius 1 is 1.08 bits per heavy atom. The number of nitrogens with zero attached hydrogens (tertiary/aromatic N) is 3. The van der Waals surface area contributed by atoms with Crippen LogP contribution in [-0.2, 0) is 0 Å². The SMILES string of the molecule is CC(C)Oc1cc(N2CCCCC2)nc(Nc2ccc(F)cc2)n1. The minimum absolute atomic E-state index is 0.0350. The fraction of sp³-hybridized carbons (Fsp3) is 0.444. The molecule has 0 unspecified atom stereocenters. The van der Waals surface area contributed by atoms with Gasteiger partial charge in [0.25, 0.3) is 0 Å². The molecule has 1 aliphatic rings. The molecule has 6 heteroatoms. The third-order valence-electron chi connectivity index (χ3n) is 3.83. The summed E-state index contributed by atoms with van der Waals surface area (Å²) in [6.07, 6.45) is 3.64. The monoisotopic (exact) mass is 330 g/mol. The van der Waals surface area contributed by atoms with Gasteiger partial charge in [-0.05, 0) is 57.4 Å². The number of hydrogen-bond donors (Lipinski definition) is 1. The number of anilines is 3. The first kappa shape index (κ1) is 16.5. The van der Waals surface area contributed by atoms with Crippen molar-refractivity contribution in [3.05, 3.63) is 36.1 Å². The Labute approximate surface area is 141 Å².